The minimum atomic E-state index is 0.278. The van der Waals surface area contributed by atoms with Gasteiger partial charge in [0.2, 0.25) is 0 Å². The second-order valence-corrected chi connectivity index (χ2v) is 6.81. The molecular formula is C14H22ClNS. The topological polar surface area (TPSA) is 12.0 Å². The molecule has 96 valence electrons. The van der Waals surface area contributed by atoms with Crippen LogP contribution in [0.2, 0.25) is 5.02 Å². The highest BCUT2D eigenvalue weighted by atomic mass is 35.5. The molecule has 1 rings (SSSR count). The minimum absolute atomic E-state index is 0.278. The second-order valence-electron chi connectivity index (χ2n) is 4.86. The zero-order valence-electron chi connectivity index (χ0n) is 11.1. The Morgan fingerprint density at radius 1 is 1.29 bits per heavy atom. The molecule has 1 unspecified atom stereocenters. The summed E-state index contributed by atoms with van der Waals surface area (Å²) >= 11 is 7.80. The predicted octanol–water partition coefficient (Wildman–Crippen LogP) is 4.52. The van der Waals surface area contributed by atoms with Gasteiger partial charge in [0.1, 0.15) is 0 Å². The van der Waals surface area contributed by atoms with Gasteiger partial charge in [-0.2, -0.15) is 11.8 Å². The van der Waals surface area contributed by atoms with Gasteiger partial charge in [0.25, 0.3) is 0 Å². The third-order valence-electron chi connectivity index (χ3n) is 3.01. The number of benzene rings is 1. The lowest BCUT2D eigenvalue weighted by Crippen LogP contribution is -2.34. The summed E-state index contributed by atoms with van der Waals surface area (Å²) in [5.74, 6) is 0. The highest BCUT2D eigenvalue weighted by Crippen LogP contribution is 2.23. The largest absolute Gasteiger partial charge is 0.309 e. The van der Waals surface area contributed by atoms with Crippen molar-refractivity contribution in [2.45, 2.75) is 38.0 Å². The van der Waals surface area contributed by atoms with E-state index in [1.165, 1.54) is 5.56 Å². The van der Waals surface area contributed by atoms with Crippen LogP contribution in [0.5, 0.6) is 0 Å². The van der Waals surface area contributed by atoms with E-state index in [4.69, 9.17) is 11.6 Å². The lowest BCUT2D eigenvalue weighted by molar-refractivity contribution is 0.485. The molecule has 0 fully saturated rings. The zero-order chi connectivity index (χ0) is 12.9. The first kappa shape index (κ1) is 14.9. The van der Waals surface area contributed by atoms with Gasteiger partial charge in [-0.15, -0.1) is 0 Å². The summed E-state index contributed by atoms with van der Waals surface area (Å²) in [6.07, 6.45) is 3.25. The first-order chi connectivity index (χ1) is 7.98. The Morgan fingerprint density at radius 2 is 1.88 bits per heavy atom. The van der Waals surface area contributed by atoms with Gasteiger partial charge in [-0.05, 0) is 44.2 Å². The van der Waals surface area contributed by atoms with E-state index in [0.29, 0.717) is 6.04 Å². The fourth-order valence-electron chi connectivity index (χ4n) is 1.63. The van der Waals surface area contributed by atoms with Gasteiger partial charge < -0.3 is 5.32 Å². The molecule has 0 saturated carbocycles. The molecule has 1 aromatic rings. The second kappa shape index (κ2) is 6.67. The summed E-state index contributed by atoms with van der Waals surface area (Å²) in [6, 6.07) is 8.55. The molecule has 0 spiro atoms. The Hall–Kier alpha value is -0.180. The minimum Gasteiger partial charge on any atom is -0.309 e. The van der Waals surface area contributed by atoms with Crippen LogP contribution < -0.4 is 5.32 Å². The number of nitrogens with one attached hydrogen (secondary N) is 1. The Kier molecular flexibility index (Phi) is 5.84. The molecule has 0 amide bonds. The number of hydrogen-bond acceptors (Lipinski definition) is 2. The Labute approximate surface area is 114 Å². The third kappa shape index (κ3) is 4.90. The molecule has 0 aliphatic heterocycles. The molecule has 1 aromatic carbocycles. The Balaban J connectivity index is 2.63. The molecule has 3 heteroatoms. The molecule has 0 bridgehead atoms. The molecule has 0 saturated heterocycles. The van der Waals surface area contributed by atoms with Crippen LogP contribution in [0.15, 0.2) is 24.3 Å². The van der Waals surface area contributed by atoms with Gasteiger partial charge in [-0.25, -0.2) is 0 Å². The van der Waals surface area contributed by atoms with E-state index in [-0.39, 0.29) is 4.75 Å². The van der Waals surface area contributed by atoms with E-state index in [2.05, 4.69) is 44.5 Å². The smallest absolute Gasteiger partial charge is 0.0406 e. The summed E-state index contributed by atoms with van der Waals surface area (Å²) < 4.78 is 0.278. The highest BCUT2D eigenvalue weighted by molar-refractivity contribution is 7.99. The maximum Gasteiger partial charge on any atom is 0.0406 e. The molecule has 1 N–H and O–H groups in total. The van der Waals surface area contributed by atoms with Gasteiger partial charge in [-0.1, -0.05) is 30.7 Å². The van der Waals surface area contributed by atoms with Crippen molar-refractivity contribution in [3.05, 3.63) is 34.9 Å². The van der Waals surface area contributed by atoms with Crippen molar-refractivity contribution < 1.29 is 0 Å². The maximum atomic E-state index is 5.91. The monoisotopic (exact) mass is 271 g/mol. The van der Waals surface area contributed by atoms with Crippen molar-refractivity contribution in [3.63, 3.8) is 0 Å². The van der Waals surface area contributed by atoms with E-state index in [1.54, 1.807) is 0 Å². The Bertz CT molecular complexity index is 335. The van der Waals surface area contributed by atoms with Gasteiger partial charge in [0.15, 0.2) is 0 Å². The summed E-state index contributed by atoms with van der Waals surface area (Å²) in [7, 11) is 0. The molecule has 17 heavy (non-hydrogen) atoms. The lowest BCUT2D eigenvalue weighted by Gasteiger charge is -2.26. The van der Waals surface area contributed by atoms with Crippen LogP contribution in [0, 0.1) is 0 Å². The van der Waals surface area contributed by atoms with Crippen molar-refractivity contribution in [2.75, 3.05) is 12.8 Å². The first-order valence-electron chi connectivity index (χ1n) is 6.02. The zero-order valence-corrected chi connectivity index (χ0v) is 12.7. The molecule has 0 radical (unpaired) electrons. The average Bonchev–Trinajstić information content (AvgIpc) is 2.32. The molecule has 0 aromatic heterocycles. The number of halogens is 1. The standard InChI is InChI=1S/C14H22ClNS/c1-5-13(16-10-14(2,3)17-4)11-6-8-12(15)9-7-11/h6-9,13,16H,5,10H2,1-4H3. The normalized spacial score (nSPS) is 13.7. The summed E-state index contributed by atoms with van der Waals surface area (Å²) in [5.41, 5.74) is 1.31. The van der Waals surface area contributed by atoms with Crippen LogP contribution >= 0.6 is 23.4 Å². The van der Waals surface area contributed by atoms with E-state index in [9.17, 15) is 0 Å². The Morgan fingerprint density at radius 3 is 2.35 bits per heavy atom. The average molecular weight is 272 g/mol. The maximum absolute atomic E-state index is 5.91. The molecule has 0 heterocycles. The lowest BCUT2D eigenvalue weighted by atomic mass is 10.0. The first-order valence-corrected chi connectivity index (χ1v) is 7.63. The van der Waals surface area contributed by atoms with E-state index >= 15 is 0 Å². The third-order valence-corrected chi connectivity index (χ3v) is 4.51. The van der Waals surface area contributed by atoms with Crippen LogP contribution in [0.3, 0.4) is 0 Å². The van der Waals surface area contributed by atoms with E-state index < -0.39 is 0 Å². The molecular weight excluding hydrogens is 250 g/mol. The molecule has 1 atom stereocenters. The fraction of sp³-hybridized carbons (Fsp3) is 0.571. The van der Waals surface area contributed by atoms with Crippen LogP contribution in [0.1, 0.15) is 38.8 Å². The van der Waals surface area contributed by atoms with Crippen LogP contribution in [0.25, 0.3) is 0 Å². The van der Waals surface area contributed by atoms with Crippen molar-refractivity contribution >= 4 is 23.4 Å². The van der Waals surface area contributed by atoms with Crippen molar-refractivity contribution in [2.24, 2.45) is 0 Å². The number of hydrogen-bond donors (Lipinski definition) is 1. The summed E-state index contributed by atoms with van der Waals surface area (Å²) in [4.78, 5) is 0. The molecule has 0 aliphatic carbocycles. The fourth-order valence-corrected chi connectivity index (χ4v) is 1.99. The highest BCUT2D eigenvalue weighted by Gasteiger charge is 2.18. The van der Waals surface area contributed by atoms with Crippen LogP contribution in [-0.2, 0) is 0 Å². The molecule has 1 nitrogen and oxygen atoms in total. The predicted molar refractivity (Wildman–Crippen MR) is 80.1 cm³/mol. The quantitative estimate of drug-likeness (QED) is 0.816. The number of thioether (sulfide) groups is 1. The summed E-state index contributed by atoms with van der Waals surface area (Å²) in [5, 5.41) is 4.43. The van der Waals surface area contributed by atoms with Crippen LogP contribution in [0.4, 0.5) is 0 Å². The van der Waals surface area contributed by atoms with E-state index in [1.807, 2.05) is 23.9 Å². The van der Waals surface area contributed by atoms with Gasteiger partial charge >= 0.3 is 0 Å². The molecule has 0 aliphatic rings. The van der Waals surface area contributed by atoms with Gasteiger partial charge in [0, 0.05) is 22.4 Å². The van der Waals surface area contributed by atoms with Gasteiger partial charge in [0.05, 0.1) is 0 Å². The van der Waals surface area contributed by atoms with Crippen molar-refractivity contribution in [1.29, 1.82) is 0 Å². The van der Waals surface area contributed by atoms with E-state index in [0.717, 1.165) is 18.0 Å². The SMILES string of the molecule is CCC(NCC(C)(C)SC)c1ccc(Cl)cc1. The summed E-state index contributed by atoms with van der Waals surface area (Å²) in [6.45, 7) is 7.74. The number of rotatable bonds is 6. The van der Waals surface area contributed by atoms with Crippen LogP contribution in [-0.4, -0.2) is 17.5 Å². The van der Waals surface area contributed by atoms with Crippen molar-refractivity contribution in [1.82, 2.24) is 5.32 Å². The van der Waals surface area contributed by atoms with Gasteiger partial charge in [-0.3, -0.25) is 0 Å². The van der Waals surface area contributed by atoms with Crippen molar-refractivity contribution in [3.8, 4) is 0 Å².